The summed E-state index contributed by atoms with van der Waals surface area (Å²) < 4.78 is 9.59. The summed E-state index contributed by atoms with van der Waals surface area (Å²) in [6.45, 7) is 0.0592. The van der Waals surface area contributed by atoms with Crippen LogP contribution in [0, 0.1) is 0 Å². The maximum Gasteiger partial charge on any atom is 0.326 e. The van der Waals surface area contributed by atoms with Crippen LogP contribution in [0.5, 0.6) is 5.88 Å². The lowest BCUT2D eigenvalue weighted by molar-refractivity contribution is -0.142. The summed E-state index contributed by atoms with van der Waals surface area (Å²) in [7, 11) is 1.28. The normalized spacial score (nSPS) is 11.9. The molecule has 0 radical (unpaired) electrons. The van der Waals surface area contributed by atoms with Crippen molar-refractivity contribution in [1.29, 1.82) is 0 Å². The van der Waals surface area contributed by atoms with Crippen molar-refractivity contribution in [3.63, 3.8) is 0 Å². The third kappa shape index (κ3) is 3.02. The zero-order chi connectivity index (χ0) is 10.4. The molecule has 0 unspecified atom stereocenters. The van der Waals surface area contributed by atoms with Crippen molar-refractivity contribution in [2.45, 2.75) is 6.04 Å². The van der Waals surface area contributed by atoms with Gasteiger partial charge in [-0.1, -0.05) is 6.07 Å². The monoisotopic (exact) mass is 196 g/mol. The standard InChI is InChI=1S/C9H12N2O3/c1-13-9(12)7(10)6-14-8-4-2-3-5-11-8/h2-5,7H,6,10H2,1H3/t7-/m1/s1. The molecule has 1 atom stereocenters. The second kappa shape index (κ2) is 5.18. The minimum Gasteiger partial charge on any atom is -0.475 e. The van der Waals surface area contributed by atoms with Crippen LogP contribution in [0.2, 0.25) is 0 Å². The summed E-state index contributed by atoms with van der Waals surface area (Å²) >= 11 is 0. The molecule has 0 aliphatic rings. The molecular weight excluding hydrogens is 184 g/mol. The van der Waals surface area contributed by atoms with Crippen molar-refractivity contribution in [2.24, 2.45) is 5.73 Å². The predicted molar refractivity (Wildman–Crippen MR) is 49.7 cm³/mol. The molecule has 1 aromatic rings. The molecule has 2 N–H and O–H groups in total. The van der Waals surface area contributed by atoms with E-state index in [0.29, 0.717) is 5.88 Å². The Morgan fingerprint density at radius 2 is 2.43 bits per heavy atom. The molecule has 14 heavy (non-hydrogen) atoms. The van der Waals surface area contributed by atoms with E-state index in [9.17, 15) is 4.79 Å². The maximum atomic E-state index is 10.9. The van der Waals surface area contributed by atoms with Gasteiger partial charge in [0.05, 0.1) is 7.11 Å². The lowest BCUT2D eigenvalue weighted by atomic mass is 10.3. The number of aromatic nitrogens is 1. The Hall–Kier alpha value is -1.62. The molecule has 0 aromatic carbocycles. The van der Waals surface area contributed by atoms with Crippen molar-refractivity contribution in [2.75, 3.05) is 13.7 Å². The number of hydrogen-bond donors (Lipinski definition) is 1. The average Bonchev–Trinajstić information content (AvgIpc) is 2.26. The first-order chi connectivity index (χ1) is 6.74. The molecule has 0 spiro atoms. The molecule has 0 fully saturated rings. The first kappa shape index (κ1) is 10.5. The topological polar surface area (TPSA) is 74.4 Å². The highest BCUT2D eigenvalue weighted by molar-refractivity contribution is 5.75. The third-order valence-electron chi connectivity index (χ3n) is 1.55. The second-order valence-electron chi connectivity index (χ2n) is 2.61. The van der Waals surface area contributed by atoms with Gasteiger partial charge in [-0.15, -0.1) is 0 Å². The Balaban J connectivity index is 2.38. The summed E-state index contributed by atoms with van der Waals surface area (Å²) in [5, 5.41) is 0. The van der Waals surface area contributed by atoms with Crippen LogP contribution in [0.1, 0.15) is 0 Å². The number of nitrogens with zero attached hydrogens (tertiary/aromatic N) is 1. The molecule has 5 heteroatoms. The van der Waals surface area contributed by atoms with Gasteiger partial charge in [-0.3, -0.25) is 4.79 Å². The SMILES string of the molecule is COC(=O)[C@H](N)COc1ccccn1. The van der Waals surface area contributed by atoms with Crippen LogP contribution in [0.3, 0.4) is 0 Å². The van der Waals surface area contributed by atoms with Crippen LogP contribution in [0.4, 0.5) is 0 Å². The van der Waals surface area contributed by atoms with Gasteiger partial charge in [0.1, 0.15) is 12.6 Å². The lowest BCUT2D eigenvalue weighted by Gasteiger charge is -2.09. The molecule has 0 saturated carbocycles. The number of carbonyl (C=O) groups excluding carboxylic acids is 1. The largest absolute Gasteiger partial charge is 0.475 e. The minimum absolute atomic E-state index is 0.0592. The number of hydrogen-bond acceptors (Lipinski definition) is 5. The van der Waals surface area contributed by atoms with E-state index in [4.69, 9.17) is 10.5 Å². The molecule has 0 aliphatic carbocycles. The smallest absolute Gasteiger partial charge is 0.326 e. The Kier molecular flexibility index (Phi) is 3.87. The van der Waals surface area contributed by atoms with Gasteiger partial charge in [-0.25, -0.2) is 4.98 Å². The van der Waals surface area contributed by atoms with Gasteiger partial charge in [-0.2, -0.15) is 0 Å². The highest BCUT2D eigenvalue weighted by Crippen LogP contribution is 2.03. The van der Waals surface area contributed by atoms with Gasteiger partial charge < -0.3 is 15.2 Å². The van der Waals surface area contributed by atoms with Crippen molar-refractivity contribution >= 4 is 5.97 Å². The number of nitrogens with two attached hydrogens (primary N) is 1. The quantitative estimate of drug-likeness (QED) is 0.684. The van der Waals surface area contributed by atoms with Crippen molar-refractivity contribution < 1.29 is 14.3 Å². The Labute approximate surface area is 81.8 Å². The zero-order valence-electron chi connectivity index (χ0n) is 7.84. The van der Waals surface area contributed by atoms with E-state index in [-0.39, 0.29) is 6.61 Å². The van der Waals surface area contributed by atoms with Gasteiger partial charge >= 0.3 is 5.97 Å². The Morgan fingerprint density at radius 3 is 3.00 bits per heavy atom. The molecule has 1 rings (SSSR count). The Morgan fingerprint density at radius 1 is 1.64 bits per heavy atom. The van der Waals surface area contributed by atoms with Gasteiger partial charge in [-0.05, 0) is 6.07 Å². The number of ether oxygens (including phenoxy) is 2. The fourth-order valence-corrected chi connectivity index (χ4v) is 0.827. The van der Waals surface area contributed by atoms with Gasteiger partial charge in [0.25, 0.3) is 0 Å². The van der Waals surface area contributed by atoms with Crippen molar-refractivity contribution in [1.82, 2.24) is 4.98 Å². The zero-order valence-corrected chi connectivity index (χ0v) is 7.84. The first-order valence-corrected chi connectivity index (χ1v) is 4.11. The van der Waals surface area contributed by atoms with E-state index in [0.717, 1.165) is 0 Å². The summed E-state index contributed by atoms with van der Waals surface area (Å²) in [5.41, 5.74) is 5.45. The molecule has 0 saturated heterocycles. The second-order valence-corrected chi connectivity index (χ2v) is 2.61. The van der Waals surface area contributed by atoms with Crippen LogP contribution in [0.25, 0.3) is 0 Å². The molecule has 0 amide bonds. The van der Waals surface area contributed by atoms with Crippen LogP contribution in [-0.4, -0.2) is 30.7 Å². The summed E-state index contributed by atoms with van der Waals surface area (Å²) in [6.07, 6.45) is 1.60. The molecule has 76 valence electrons. The summed E-state index contributed by atoms with van der Waals surface area (Å²) in [4.78, 5) is 14.8. The molecule has 1 heterocycles. The fourth-order valence-electron chi connectivity index (χ4n) is 0.827. The van der Waals surface area contributed by atoms with Crippen molar-refractivity contribution in [3.05, 3.63) is 24.4 Å². The molecule has 5 nitrogen and oxygen atoms in total. The maximum absolute atomic E-state index is 10.9. The highest BCUT2D eigenvalue weighted by atomic mass is 16.5. The number of esters is 1. The molecular formula is C9H12N2O3. The van der Waals surface area contributed by atoms with E-state index in [1.54, 1.807) is 24.4 Å². The number of rotatable bonds is 4. The van der Waals surface area contributed by atoms with Crippen LogP contribution in [0.15, 0.2) is 24.4 Å². The average molecular weight is 196 g/mol. The van der Waals surface area contributed by atoms with Crippen molar-refractivity contribution in [3.8, 4) is 5.88 Å². The number of methoxy groups -OCH3 is 1. The van der Waals surface area contributed by atoms with E-state index < -0.39 is 12.0 Å². The third-order valence-corrected chi connectivity index (χ3v) is 1.55. The first-order valence-electron chi connectivity index (χ1n) is 4.11. The molecule has 0 bridgehead atoms. The minimum atomic E-state index is -0.776. The van der Waals surface area contributed by atoms with Crippen LogP contribution < -0.4 is 10.5 Å². The van der Waals surface area contributed by atoms with Gasteiger partial charge in [0, 0.05) is 12.3 Å². The number of pyridine rings is 1. The van der Waals surface area contributed by atoms with E-state index in [2.05, 4.69) is 9.72 Å². The lowest BCUT2D eigenvalue weighted by Crippen LogP contribution is -2.37. The molecule has 0 aliphatic heterocycles. The Bertz CT molecular complexity index is 289. The molecule has 1 aromatic heterocycles. The van der Waals surface area contributed by atoms with E-state index >= 15 is 0 Å². The summed E-state index contributed by atoms with van der Waals surface area (Å²) in [5.74, 6) is -0.0622. The van der Waals surface area contributed by atoms with Crippen LogP contribution in [-0.2, 0) is 9.53 Å². The van der Waals surface area contributed by atoms with E-state index in [1.807, 2.05) is 0 Å². The highest BCUT2D eigenvalue weighted by Gasteiger charge is 2.14. The van der Waals surface area contributed by atoms with Crippen LogP contribution >= 0.6 is 0 Å². The number of carbonyl (C=O) groups is 1. The summed E-state index contributed by atoms with van der Waals surface area (Å²) in [6, 6.07) is 4.46. The van der Waals surface area contributed by atoms with E-state index in [1.165, 1.54) is 7.11 Å². The van der Waals surface area contributed by atoms with Gasteiger partial charge in [0.2, 0.25) is 5.88 Å². The van der Waals surface area contributed by atoms with Gasteiger partial charge in [0.15, 0.2) is 0 Å². The fraction of sp³-hybridized carbons (Fsp3) is 0.333. The predicted octanol–water partition coefficient (Wildman–Crippen LogP) is -0.0393.